The number of nitrogens with zero attached hydrogens (tertiary/aromatic N) is 2. The number of hydrogen-bond acceptors (Lipinski definition) is 3. The van der Waals surface area contributed by atoms with Crippen LogP contribution in [0.4, 0.5) is 5.69 Å². The highest BCUT2D eigenvalue weighted by atomic mass is 16.5. The molecule has 0 fully saturated rings. The summed E-state index contributed by atoms with van der Waals surface area (Å²) in [6.07, 6.45) is 0.818. The lowest BCUT2D eigenvalue weighted by molar-refractivity contribution is -0.121. The van der Waals surface area contributed by atoms with Gasteiger partial charge in [-0.1, -0.05) is 49.4 Å². The van der Waals surface area contributed by atoms with Crippen molar-refractivity contribution in [1.82, 2.24) is 10.6 Å². The van der Waals surface area contributed by atoms with Crippen molar-refractivity contribution >= 4 is 17.6 Å². The summed E-state index contributed by atoms with van der Waals surface area (Å²) in [4.78, 5) is 18.8. The summed E-state index contributed by atoms with van der Waals surface area (Å²) in [7, 11) is 0. The van der Waals surface area contributed by atoms with E-state index in [2.05, 4.69) is 48.7 Å². The van der Waals surface area contributed by atoms with Crippen LogP contribution in [-0.2, 0) is 4.79 Å². The number of amides is 1. The molecule has 0 aliphatic carbocycles. The zero-order valence-corrected chi connectivity index (χ0v) is 17.2. The standard InChI is InChI=1S/C23H30N4O2/c1-3-24-23(26-16-18(2)19-10-5-4-6-11-19)25-14-9-15-27-20-12-7-8-13-21(20)29-17-22(27)28/h4-8,10-13,18H,3,9,14-17H2,1-2H3,(H2,24,25,26). The second-order valence-corrected chi connectivity index (χ2v) is 7.11. The van der Waals surface area contributed by atoms with Gasteiger partial charge in [0.1, 0.15) is 5.75 Å². The second kappa shape index (κ2) is 10.5. The summed E-state index contributed by atoms with van der Waals surface area (Å²) in [5.74, 6) is 1.93. The van der Waals surface area contributed by atoms with Gasteiger partial charge in [0.25, 0.3) is 5.91 Å². The highest BCUT2D eigenvalue weighted by Gasteiger charge is 2.24. The maximum absolute atomic E-state index is 12.2. The number of benzene rings is 2. The minimum Gasteiger partial charge on any atom is -0.482 e. The summed E-state index contributed by atoms with van der Waals surface area (Å²) < 4.78 is 5.50. The first-order chi connectivity index (χ1) is 14.2. The highest BCUT2D eigenvalue weighted by Crippen LogP contribution is 2.31. The van der Waals surface area contributed by atoms with Crippen molar-refractivity contribution in [2.75, 3.05) is 37.7 Å². The van der Waals surface area contributed by atoms with E-state index in [0.717, 1.165) is 36.9 Å². The van der Waals surface area contributed by atoms with Crippen molar-refractivity contribution in [2.24, 2.45) is 4.99 Å². The zero-order valence-electron chi connectivity index (χ0n) is 17.2. The molecule has 1 heterocycles. The van der Waals surface area contributed by atoms with Gasteiger partial charge >= 0.3 is 0 Å². The van der Waals surface area contributed by atoms with Gasteiger partial charge in [0.15, 0.2) is 12.6 Å². The van der Waals surface area contributed by atoms with Gasteiger partial charge in [0.05, 0.1) is 5.69 Å². The first-order valence-corrected chi connectivity index (χ1v) is 10.3. The number of nitrogens with one attached hydrogen (secondary N) is 2. The quantitative estimate of drug-likeness (QED) is 0.410. The third-order valence-corrected chi connectivity index (χ3v) is 4.90. The summed E-state index contributed by atoms with van der Waals surface area (Å²) in [6, 6.07) is 18.1. The van der Waals surface area contributed by atoms with E-state index >= 15 is 0 Å². The zero-order chi connectivity index (χ0) is 20.5. The number of carbonyl (C=O) groups excluding carboxylic acids is 1. The van der Waals surface area contributed by atoms with E-state index in [1.54, 1.807) is 0 Å². The largest absolute Gasteiger partial charge is 0.482 e. The van der Waals surface area contributed by atoms with Crippen molar-refractivity contribution in [3.63, 3.8) is 0 Å². The predicted octanol–water partition coefficient (Wildman–Crippen LogP) is 3.16. The maximum Gasteiger partial charge on any atom is 0.265 e. The van der Waals surface area contributed by atoms with Crippen LogP contribution in [0.1, 0.15) is 31.7 Å². The van der Waals surface area contributed by atoms with Crippen LogP contribution in [-0.4, -0.2) is 44.7 Å². The van der Waals surface area contributed by atoms with Crippen molar-refractivity contribution in [3.05, 3.63) is 60.2 Å². The van der Waals surface area contributed by atoms with Crippen LogP contribution in [0.5, 0.6) is 5.75 Å². The number of fused-ring (bicyclic) bond motifs is 1. The molecule has 29 heavy (non-hydrogen) atoms. The van der Waals surface area contributed by atoms with Gasteiger partial charge in [-0.2, -0.15) is 0 Å². The van der Waals surface area contributed by atoms with E-state index in [1.165, 1.54) is 5.56 Å². The van der Waals surface area contributed by atoms with Gasteiger partial charge in [-0.05, 0) is 31.0 Å². The van der Waals surface area contributed by atoms with Gasteiger partial charge in [0, 0.05) is 32.1 Å². The van der Waals surface area contributed by atoms with Crippen LogP contribution in [0, 0.1) is 0 Å². The first-order valence-electron chi connectivity index (χ1n) is 10.3. The Balaban J connectivity index is 1.50. The van der Waals surface area contributed by atoms with Crippen LogP contribution in [0.2, 0.25) is 0 Å². The van der Waals surface area contributed by atoms with Crippen LogP contribution >= 0.6 is 0 Å². The topological polar surface area (TPSA) is 66.0 Å². The molecule has 1 amide bonds. The molecule has 0 radical (unpaired) electrons. The van der Waals surface area contributed by atoms with Gasteiger partial charge < -0.3 is 20.3 Å². The molecule has 0 bridgehead atoms. The summed E-state index contributed by atoms with van der Waals surface area (Å²) in [6.45, 7) is 7.25. The molecular formula is C23H30N4O2. The van der Waals surface area contributed by atoms with E-state index in [-0.39, 0.29) is 12.5 Å². The Hall–Kier alpha value is -3.02. The fraction of sp³-hybridized carbons (Fsp3) is 0.391. The molecule has 1 aliphatic rings. The number of para-hydroxylation sites is 2. The molecule has 6 heteroatoms. The lowest BCUT2D eigenvalue weighted by atomic mass is 10.0. The molecule has 1 aliphatic heterocycles. The number of rotatable bonds is 8. The molecule has 154 valence electrons. The van der Waals surface area contributed by atoms with Crippen molar-refractivity contribution in [1.29, 1.82) is 0 Å². The number of anilines is 1. The third-order valence-electron chi connectivity index (χ3n) is 4.90. The lowest BCUT2D eigenvalue weighted by Gasteiger charge is -2.29. The van der Waals surface area contributed by atoms with Crippen LogP contribution in [0.25, 0.3) is 0 Å². The fourth-order valence-corrected chi connectivity index (χ4v) is 3.30. The van der Waals surface area contributed by atoms with Crippen molar-refractivity contribution in [2.45, 2.75) is 26.2 Å². The number of hydrogen-bond donors (Lipinski definition) is 2. The number of aliphatic imine (C=N–C) groups is 1. The van der Waals surface area contributed by atoms with Gasteiger partial charge in [-0.15, -0.1) is 0 Å². The number of ether oxygens (including phenoxy) is 1. The Labute approximate surface area is 173 Å². The van der Waals surface area contributed by atoms with E-state index in [0.29, 0.717) is 19.0 Å². The summed E-state index contributed by atoms with van der Waals surface area (Å²) in [5, 5.41) is 6.67. The minimum absolute atomic E-state index is 0.000889. The minimum atomic E-state index is 0.000889. The first kappa shape index (κ1) is 20.7. The average molecular weight is 395 g/mol. The SMILES string of the molecule is CCNC(=NCC(C)c1ccccc1)NCCCN1C(=O)COc2ccccc21. The van der Waals surface area contributed by atoms with Gasteiger partial charge in [0.2, 0.25) is 0 Å². The predicted molar refractivity (Wildman–Crippen MR) is 118 cm³/mol. The van der Waals surface area contributed by atoms with Crippen molar-refractivity contribution in [3.8, 4) is 5.75 Å². The molecule has 0 aromatic heterocycles. The third kappa shape index (κ3) is 5.73. The molecule has 2 aromatic rings. The molecule has 3 rings (SSSR count). The molecule has 6 nitrogen and oxygen atoms in total. The normalized spacial score (nSPS) is 14.8. The summed E-state index contributed by atoms with van der Waals surface area (Å²) >= 11 is 0. The molecule has 0 spiro atoms. The summed E-state index contributed by atoms with van der Waals surface area (Å²) in [5.41, 5.74) is 2.14. The molecule has 2 aromatic carbocycles. The molecule has 0 saturated heterocycles. The molecule has 1 unspecified atom stereocenters. The Morgan fingerprint density at radius 2 is 1.90 bits per heavy atom. The Kier molecular flexibility index (Phi) is 7.50. The second-order valence-electron chi connectivity index (χ2n) is 7.11. The van der Waals surface area contributed by atoms with Crippen LogP contribution in [0.15, 0.2) is 59.6 Å². The monoisotopic (exact) mass is 394 g/mol. The van der Waals surface area contributed by atoms with E-state index < -0.39 is 0 Å². The van der Waals surface area contributed by atoms with Crippen molar-refractivity contribution < 1.29 is 9.53 Å². The van der Waals surface area contributed by atoms with Gasteiger partial charge in [-0.25, -0.2) is 0 Å². The Bertz CT molecular complexity index is 823. The Morgan fingerprint density at radius 3 is 2.69 bits per heavy atom. The molecule has 2 N–H and O–H groups in total. The molecule has 0 saturated carbocycles. The van der Waals surface area contributed by atoms with E-state index in [4.69, 9.17) is 9.73 Å². The Morgan fingerprint density at radius 1 is 1.14 bits per heavy atom. The highest BCUT2D eigenvalue weighted by molar-refractivity contribution is 5.97. The molecular weight excluding hydrogens is 364 g/mol. The average Bonchev–Trinajstić information content (AvgIpc) is 2.76. The number of carbonyl (C=O) groups is 1. The fourth-order valence-electron chi connectivity index (χ4n) is 3.30. The number of guanidine groups is 1. The van der Waals surface area contributed by atoms with E-state index in [9.17, 15) is 4.79 Å². The van der Waals surface area contributed by atoms with E-state index in [1.807, 2.05) is 35.2 Å². The van der Waals surface area contributed by atoms with Crippen LogP contribution in [0.3, 0.4) is 0 Å². The molecule has 1 atom stereocenters. The van der Waals surface area contributed by atoms with Gasteiger partial charge in [-0.3, -0.25) is 9.79 Å². The lowest BCUT2D eigenvalue weighted by Crippen LogP contribution is -2.42. The maximum atomic E-state index is 12.2. The smallest absolute Gasteiger partial charge is 0.265 e. The van der Waals surface area contributed by atoms with Crippen LogP contribution < -0.4 is 20.3 Å².